The standard InChI is InChI=1S/C23H29IN2O3S/c1-6-23(2,3)13-7-8-14-17(11-13)30-22-18(14)21(27)25-20(26-22)12-9-15(24)19(29-5)16(10-12)28-4/h9-10,13,20,26H,6-8,11H2,1-5H3,(H,25,27)/t13-,20-/m1/s1. The fourth-order valence-corrected chi connectivity index (χ4v) is 6.72. The molecule has 2 N–H and O–H groups in total. The molecule has 1 aromatic carbocycles. The van der Waals surface area contributed by atoms with E-state index in [1.165, 1.54) is 16.9 Å². The van der Waals surface area contributed by atoms with Crippen LogP contribution in [0.1, 0.15) is 66.1 Å². The highest BCUT2D eigenvalue weighted by atomic mass is 127. The SMILES string of the molecule is CCC(C)(C)[C@@H]1CCc2c(sc3c2C(=O)N[C@@H](c2cc(I)c(OC)c(OC)c2)N3)C1. The summed E-state index contributed by atoms with van der Waals surface area (Å²) in [6, 6.07) is 3.95. The van der Waals surface area contributed by atoms with E-state index in [0.717, 1.165) is 39.0 Å². The maximum Gasteiger partial charge on any atom is 0.256 e. The summed E-state index contributed by atoms with van der Waals surface area (Å²) in [5.74, 6) is 2.06. The molecule has 1 aliphatic heterocycles. The number of hydrogen-bond acceptors (Lipinski definition) is 5. The highest BCUT2D eigenvalue weighted by molar-refractivity contribution is 14.1. The van der Waals surface area contributed by atoms with Gasteiger partial charge in [0, 0.05) is 4.88 Å². The minimum atomic E-state index is -0.290. The Hall–Kier alpha value is -1.48. The number of anilines is 1. The van der Waals surface area contributed by atoms with Crippen LogP contribution in [0.4, 0.5) is 5.00 Å². The molecule has 0 radical (unpaired) electrons. The van der Waals surface area contributed by atoms with Crippen molar-refractivity contribution in [3.63, 3.8) is 0 Å². The van der Waals surface area contributed by atoms with Crippen molar-refractivity contribution in [2.24, 2.45) is 11.3 Å². The lowest BCUT2D eigenvalue weighted by atomic mass is 9.69. The molecule has 1 aliphatic carbocycles. The first-order chi connectivity index (χ1) is 14.3. The fourth-order valence-electron chi connectivity index (χ4n) is 4.53. The molecule has 7 heteroatoms. The van der Waals surface area contributed by atoms with Crippen LogP contribution in [0.3, 0.4) is 0 Å². The average molecular weight is 540 g/mol. The summed E-state index contributed by atoms with van der Waals surface area (Å²) < 4.78 is 11.9. The zero-order chi connectivity index (χ0) is 21.6. The summed E-state index contributed by atoms with van der Waals surface area (Å²) >= 11 is 4.00. The Kier molecular flexibility index (Phi) is 5.96. The molecule has 30 heavy (non-hydrogen) atoms. The van der Waals surface area contributed by atoms with E-state index in [2.05, 4.69) is 54.0 Å². The molecule has 2 aliphatic rings. The van der Waals surface area contributed by atoms with Crippen LogP contribution >= 0.6 is 33.9 Å². The monoisotopic (exact) mass is 540 g/mol. The topological polar surface area (TPSA) is 59.6 Å². The lowest BCUT2D eigenvalue weighted by Crippen LogP contribution is -2.38. The minimum Gasteiger partial charge on any atom is -0.493 e. The molecule has 4 rings (SSSR count). The van der Waals surface area contributed by atoms with Gasteiger partial charge in [0.1, 0.15) is 11.2 Å². The van der Waals surface area contributed by atoms with E-state index in [1.54, 1.807) is 25.6 Å². The Morgan fingerprint density at radius 2 is 2.00 bits per heavy atom. The number of halogens is 1. The Balaban J connectivity index is 1.65. The molecule has 1 amide bonds. The predicted molar refractivity (Wildman–Crippen MR) is 130 cm³/mol. The first kappa shape index (κ1) is 21.7. The largest absolute Gasteiger partial charge is 0.493 e. The van der Waals surface area contributed by atoms with Crippen molar-refractivity contribution >= 4 is 44.8 Å². The van der Waals surface area contributed by atoms with Crippen LogP contribution < -0.4 is 20.1 Å². The molecule has 0 unspecified atom stereocenters. The molecule has 2 atom stereocenters. The number of carbonyl (C=O) groups excluding carboxylic acids is 1. The third-order valence-electron chi connectivity index (χ3n) is 6.85. The molecule has 2 aromatic rings. The quantitative estimate of drug-likeness (QED) is 0.474. The number of nitrogens with one attached hydrogen (secondary N) is 2. The zero-order valence-electron chi connectivity index (χ0n) is 18.1. The smallest absolute Gasteiger partial charge is 0.256 e. The van der Waals surface area contributed by atoms with Gasteiger partial charge in [-0.2, -0.15) is 0 Å². The van der Waals surface area contributed by atoms with Gasteiger partial charge in [-0.3, -0.25) is 4.79 Å². The Bertz CT molecular complexity index is 985. The number of carbonyl (C=O) groups is 1. The van der Waals surface area contributed by atoms with E-state index >= 15 is 0 Å². The second kappa shape index (κ2) is 8.22. The van der Waals surface area contributed by atoms with Gasteiger partial charge in [0.2, 0.25) is 0 Å². The highest BCUT2D eigenvalue weighted by Crippen LogP contribution is 2.47. The van der Waals surface area contributed by atoms with E-state index in [9.17, 15) is 4.79 Å². The van der Waals surface area contributed by atoms with Crippen molar-refractivity contribution in [3.05, 3.63) is 37.3 Å². The molecular weight excluding hydrogens is 511 g/mol. The van der Waals surface area contributed by atoms with Crippen molar-refractivity contribution in [2.75, 3.05) is 19.5 Å². The van der Waals surface area contributed by atoms with Crippen LogP contribution in [0.2, 0.25) is 0 Å². The molecule has 0 spiro atoms. The summed E-state index contributed by atoms with van der Waals surface area (Å²) in [7, 11) is 3.26. The van der Waals surface area contributed by atoms with Crippen LogP contribution in [0.15, 0.2) is 12.1 Å². The summed E-state index contributed by atoms with van der Waals surface area (Å²) in [4.78, 5) is 14.5. The van der Waals surface area contributed by atoms with Gasteiger partial charge in [0.15, 0.2) is 11.5 Å². The Labute approximate surface area is 196 Å². The third-order valence-corrected chi connectivity index (χ3v) is 8.84. The number of fused-ring (bicyclic) bond motifs is 3. The van der Waals surface area contributed by atoms with E-state index in [0.29, 0.717) is 22.8 Å². The maximum absolute atomic E-state index is 13.1. The van der Waals surface area contributed by atoms with Gasteiger partial charge in [-0.25, -0.2) is 0 Å². The van der Waals surface area contributed by atoms with Crippen LogP contribution in [-0.4, -0.2) is 20.1 Å². The van der Waals surface area contributed by atoms with E-state index in [-0.39, 0.29) is 12.1 Å². The molecule has 0 bridgehead atoms. The summed E-state index contributed by atoms with van der Waals surface area (Å²) in [6.45, 7) is 7.02. The van der Waals surface area contributed by atoms with Crippen molar-refractivity contribution in [3.8, 4) is 11.5 Å². The predicted octanol–water partition coefficient (Wildman–Crippen LogP) is 5.77. The molecule has 0 saturated carbocycles. The van der Waals surface area contributed by atoms with Gasteiger partial charge in [0.25, 0.3) is 5.91 Å². The molecule has 2 heterocycles. The van der Waals surface area contributed by atoms with Crippen molar-refractivity contribution < 1.29 is 14.3 Å². The Morgan fingerprint density at radius 3 is 2.67 bits per heavy atom. The van der Waals surface area contributed by atoms with Gasteiger partial charge < -0.3 is 20.1 Å². The van der Waals surface area contributed by atoms with Gasteiger partial charge in [-0.15, -0.1) is 11.3 Å². The van der Waals surface area contributed by atoms with Gasteiger partial charge in [-0.1, -0.05) is 27.2 Å². The Morgan fingerprint density at radius 1 is 1.23 bits per heavy atom. The molecule has 5 nitrogen and oxygen atoms in total. The number of ether oxygens (including phenoxy) is 2. The number of rotatable bonds is 5. The van der Waals surface area contributed by atoms with Gasteiger partial charge in [-0.05, 0) is 76.4 Å². The second-order valence-corrected chi connectivity index (χ2v) is 11.0. The molecule has 162 valence electrons. The lowest BCUT2D eigenvalue weighted by molar-refractivity contribution is 0.0934. The number of thiophene rings is 1. The van der Waals surface area contributed by atoms with E-state index < -0.39 is 0 Å². The third kappa shape index (κ3) is 3.68. The molecule has 0 saturated heterocycles. The summed E-state index contributed by atoms with van der Waals surface area (Å²) in [5, 5.41) is 7.72. The normalized spacial score (nSPS) is 20.7. The van der Waals surface area contributed by atoms with Crippen LogP contribution in [0.5, 0.6) is 11.5 Å². The summed E-state index contributed by atoms with van der Waals surface area (Å²) in [5.41, 5.74) is 3.39. The van der Waals surface area contributed by atoms with Crippen molar-refractivity contribution in [1.82, 2.24) is 5.32 Å². The van der Waals surface area contributed by atoms with Crippen LogP contribution in [0, 0.1) is 14.9 Å². The van der Waals surface area contributed by atoms with Gasteiger partial charge >= 0.3 is 0 Å². The lowest BCUT2D eigenvalue weighted by Gasteiger charge is -2.36. The van der Waals surface area contributed by atoms with Gasteiger partial charge in [0.05, 0.1) is 23.4 Å². The zero-order valence-corrected chi connectivity index (χ0v) is 21.1. The van der Waals surface area contributed by atoms with E-state index in [4.69, 9.17) is 9.47 Å². The summed E-state index contributed by atoms with van der Waals surface area (Å²) in [6.07, 6.45) is 4.10. The van der Waals surface area contributed by atoms with Crippen molar-refractivity contribution in [1.29, 1.82) is 0 Å². The van der Waals surface area contributed by atoms with E-state index in [1.807, 2.05) is 12.1 Å². The molecule has 0 fully saturated rings. The maximum atomic E-state index is 13.1. The van der Waals surface area contributed by atoms with Crippen molar-refractivity contribution in [2.45, 2.75) is 52.6 Å². The highest BCUT2D eigenvalue weighted by Gasteiger charge is 2.37. The number of hydrogen-bond donors (Lipinski definition) is 2. The first-order valence-corrected chi connectivity index (χ1v) is 12.3. The fraction of sp³-hybridized carbons (Fsp3) is 0.522. The number of methoxy groups -OCH3 is 2. The van der Waals surface area contributed by atoms with Crippen LogP contribution in [0.25, 0.3) is 0 Å². The number of benzene rings is 1. The second-order valence-electron chi connectivity index (χ2n) is 8.78. The van der Waals surface area contributed by atoms with Crippen LogP contribution in [-0.2, 0) is 12.8 Å². The molecular formula is C23H29IN2O3S. The first-order valence-electron chi connectivity index (χ1n) is 10.4. The number of amides is 1. The minimum absolute atomic E-state index is 0.0178. The average Bonchev–Trinajstić information content (AvgIpc) is 3.11. The molecule has 1 aromatic heterocycles.